The minimum atomic E-state index is -0.171. The second-order valence-electron chi connectivity index (χ2n) is 7.28. The number of aryl methyl sites for hydroxylation is 2. The summed E-state index contributed by atoms with van der Waals surface area (Å²) >= 11 is 1.57. The highest BCUT2D eigenvalue weighted by Gasteiger charge is 2.26. The average molecular weight is 390 g/mol. The van der Waals surface area contributed by atoms with Crippen LogP contribution in [-0.2, 0) is 12.8 Å². The van der Waals surface area contributed by atoms with E-state index in [1.807, 2.05) is 49.4 Å². The van der Waals surface area contributed by atoms with E-state index in [0.29, 0.717) is 21.7 Å². The zero-order valence-electron chi connectivity index (χ0n) is 16.0. The predicted molar refractivity (Wildman–Crippen MR) is 115 cm³/mol. The van der Waals surface area contributed by atoms with Crippen LogP contribution < -0.4 is 5.32 Å². The third kappa shape index (κ3) is 3.78. The monoisotopic (exact) mass is 389 g/mol. The Kier molecular flexibility index (Phi) is 5.40. The minimum Gasteiger partial charge on any atom is -0.313 e. The fourth-order valence-electron chi connectivity index (χ4n) is 3.69. The smallest absolute Gasteiger partial charge is 0.256 e. The van der Waals surface area contributed by atoms with Crippen molar-refractivity contribution in [3.05, 3.63) is 87.3 Å². The number of anilines is 1. The van der Waals surface area contributed by atoms with Crippen LogP contribution in [0.3, 0.4) is 0 Å². The van der Waals surface area contributed by atoms with Gasteiger partial charge in [0.2, 0.25) is 0 Å². The van der Waals surface area contributed by atoms with Gasteiger partial charge in [-0.05, 0) is 50.3 Å². The standard InChI is InChI=1S/C24H23NO2S/c1-16-12-14-17(15-13-16)22(26)21-19-10-6-3-7-11-20(19)28-24(21)25-23(27)18-8-4-2-5-9-18/h2,4-5,8-9,12-15H,3,6-7,10-11H2,1H3,(H,25,27). The van der Waals surface area contributed by atoms with Gasteiger partial charge in [-0.1, -0.05) is 54.4 Å². The molecule has 28 heavy (non-hydrogen) atoms. The molecule has 0 radical (unpaired) electrons. The molecule has 0 saturated carbocycles. The largest absolute Gasteiger partial charge is 0.313 e. The van der Waals surface area contributed by atoms with Crippen LogP contribution in [0.1, 0.15) is 61.5 Å². The molecule has 0 spiro atoms. The lowest BCUT2D eigenvalue weighted by atomic mass is 9.97. The molecule has 4 rings (SSSR count). The molecule has 0 bridgehead atoms. The summed E-state index contributed by atoms with van der Waals surface area (Å²) in [6, 6.07) is 16.8. The van der Waals surface area contributed by atoms with E-state index in [2.05, 4.69) is 5.32 Å². The fourth-order valence-corrected chi connectivity index (χ4v) is 4.97. The maximum atomic E-state index is 13.4. The van der Waals surface area contributed by atoms with E-state index in [1.165, 1.54) is 11.3 Å². The van der Waals surface area contributed by atoms with Gasteiger partial charge in [0, 0.05) is 16.0 Å². The summed E-state index contributed by atoms with van der Waals surface area (Å²) in [6.45, 7) is 2.01. The summed E-state index contributed by atoms with van der Waals surface area (Å²) < 4.78 is 0. The van der Waals surface area contributed by atoms with Crippen LogP contribution in [0, 0.1) is 6.92 Å². The van der Waals surface area contributed by atoms with Crippen LogP contribution in [0.15, 0.2) is 54.6 Å². The molecular weight excluding hydrogens is 366 g/mol. The molecule has 0 saturated heterocycles. The molecule has 1 aromatic heterocycles. The van der Waals surface area contributed by atoms with Crippen molar-refractivity contribution >= 4 is 28.0 Å². The Balaban J connectivity index is 1.74. The summed E-state index contributed by atoms with van der Waals surface area (Å²) in [6.07, 6.45) is 5.29. The maximum Gasteiger partial charge on any atom is 0.256 e. The number of carbonyl (C=O) groups excluding carboxylic acids is 2. The molecule has 4 heteroatoms. The van der Waals surface area contributed by atoms with Gasteiger partial charge in [-0.3, -0.25) is 9.59 Å². The average Bonchev–Trinajstić information content (AvgIpc) is 2.89. The van der Waals surface area contributed by atoms with E-state index in [-0.39, 0.29) is 11.7 Å². The van der Waals surface area contributed by atoms with Crippen molar-refractivity contribution in [2.75, 3.05) is 5.32 Å². The Morgan fingerprint density at radius 2 is 1.57 bits per heavy atom. The number of hydrogen-bond acceptors (Lipinski definition) is 3. The molecule has 1 N–H and O–H groups in total. The van der Waals surface area contributed by atoms with E-state index in [4.69, 9.17) is 0 Å². The maximum absolute atomic E-state index is 13.4. The third-order valence-corrected chi connectivity index (χ3v) is 6.43. The minimum absolute atomic E-state index is 0.00256. The molecule has 0 atom stereocenters. The lowest BCUT2D eigenvalue weighted by Crippen LogP contribution is -2.14. The van der Waals surface area contributed by atoms with Gasteiger partial charge in [0.15, 0.2) is 5.78 Å². The number of rotatable bonds is 4. The molecule has 3 aromatic rings. The number of benzene rings is 2. The molecule has 1 heterocycles. The summed E-state index contributed by atoms with van der Waals surface area (Å²) in [5.74, 6) is -0.169. The van der Waals surface area contributed by atoms with E-state index in [9.17, 15) is 9.59 Å². The second kappa shape index (κ2) is 8.11. The van der Waals surface area contributed by atoms with Crippen molar-refractivity contribution in [1.29, 1.82) is 0 Å². The molecule has 142 valence electrons. The lowest BCUT2D eigenvalue weighted by molar-refractivity contribution is 0.102. The molecule has 0 fully saturated rings. The highest BCUT2D eigenvalue weighted by molar-refractivity contribution is 7.17. The van der Waals surface area contributed by atoms with Crippen molar-refractivity contribution in [2.24, 2.45) is 0 Å². The molecule has 3 nitrogen and oxygen atoms in total. The second-order valence-corrected chi connectivity index (χ2v) is 8.39. The Morgan fingerprint density at radius 1 is 0.857 bits per heavy atom. The van der Waals surface area contributed by atoms with E-state index >= 15 is 0 Å². The van der Waals surface area contributed by atoms with Gasteiger partial charge < -0.3 is 5.32 Å². The van der Waals surface area contributed by atoms with Gasteiger partial charge in [0.25, 0.3) is 5.91 Å². The number of fused-ring (bicyclic) bond motifs is 1. The van der Waals surface area contributed by atoms with Gasteiger partial charge in [-0.25, -0.2) is 0 Å². The Bertz CT molecular complexity index is 1000. The fraction of sp³-hybridized carbons (Fsp3) is 0.250. The molecule has 0 unspecified atom stereocenters. The first-order valence-electron chi connectivity index (χ1n) is 9.76. The Morgan fingerprint density at radius 3 is 2.32 bits per heavy atom. The number of amides is 1. The number of nitrogens with one attached hydrogen (secondary N) is 1. The zero-order valence-corrected chi connectivity index (χ0v) is 16.8. The van der Waals surface area contributed by atoms with Gasteiger partial charge in [-0.15, -0.1) is 11.3 Å². The summed E-state index contributed by atoms with van der Waals surface area (Å²) in [5.41, 5.74) is 4.22. The van der Waals surface area contributed by atoms with Crippen LogP contribution in [0.25, 0.3) is 0 Å². The van der Waals surface area contributed by atoms with Crippen LogP contribution in [0.2, 0.25) is 0 Å². The molecular formula is C24H23NO2S. The van der Waals surface area contributed by atoms with Gasteiger partial charge in [-0.2, -0.15) is 0 Å². The Hall–Kier alpha value is -2.72. The van der Waals surface area contributed by atoms with Gasteiger partial charge >= 0.3 is 0 Å². The zero-order chi connectivity index (χ0) is 19.5. The Labute approximate surface area is 169 Å². The van der Waals surface area contributed by atoms with Crippen molar-refractivity contribution in [3.63, 3.8) is 0 Å². The van der Waals surface area contributed by atoms with Gasteiger partial charge in [0.05, 0.1) is 5.56 Å². The van der Waals surface area contributed by atoms with Gasteiger partial charge in [0.1, 0.15) is 5.00 Å². The highest BCUT2D eigenvalue weighted by Crippen LogP contribution is 2.39. The van der Waals surface area contributed by atoms with Crippen molar-refractivity contribution in [3.8, 4) is 0 Å². The highest BCUT2D eigenvalue weighted by atomic mass is 32.1. The number of thiophene rings is 1. The number of ketones is 1. The first-order chi connectivity index (χ1) is 13.6. The van der Waals surface area contributed by atoms with E-state index in [0.717, 1.165) is 36.8 Å². The summed E-state index contributed by atoms with van der Waals surface area (Å²) in [4.78, 5) is 27.4. The SMILES string of the molecule is Cc1ccc(C(=O)c2c(NC(=O)c3ccccc3)sc3c2CCCCC3)cc1. The van der Waals surface area contributed by atoms with Crippen LogP contribution in [0.4, 0.5) is 5.00 Å². The number of carbonyl (C=O) groups is 2. The van der Waals surface area contributed by atoms with Crippen molar-refractivity contribution in [1.82, 2.24) is 0 Å². The van der Waals surface area contributed by atoms with Crippen LogP contribution >= 0.6 is 11.3 Å². The first kappa shape index (κ1) is 18.6. The van der Waals surface area contributed by atoms with E-state index in [1.54, 1.807) is 23.5 Å². The van der Waals surface area contributed by atoms with Crippen LogP contribution in [-0.4, -0.2) is 11.7 Å². The third-order valence-electron chi connectivity index (χ3n) is 5.23. The summed E-state index contributed by atoms with van der Waals surface area (Å²) in [7, 11) is 0. The first-order valence-corrected chi connectivity index (χ1v) is 10.6. The lowest BCUT2D eigenvalue weighted by Gasteiger charge is -2.09. The summed E-state index contributed by atoms with van der Waals surface area (Å²) in [5, 5.41) is 3.71. The molecule has 1 aliphatic carbocycles. The molecule has 0 aliphatic heterocycles. The quantitative estimate of drug-likeness (QED) is 0.452. The van der Waals surface area contributed by atoms with E-state index < -0.39 is 0 Å². The predicted octanol–water partition coefficient (Wildman–Crippen LogP) is 5.81. The number of hydrogen-bond donors (Lipinski definition) is 1. The van der Waals surface area contributed by atoms with Crippen LogP contribution in [0.5, 0.6) is 0 Å². The molecule has 2 aromatic carbocycles. The normalized spacial score (nSPS) is 13.5. The van der Waals surface area contributed by atoms with Crippen molar-refractivity contribution < 1.29 is 9.59 Å². The molecule has 1 aliphatic rings. The van der Waals surface area contributed by atoms with Crippen molar-refractivity contribution in [2.45, 2.75) is 39.0 Å². The topological polar surface area (TPSA) is 46.2 Å². The molecule has 1 amide bonds.